The van der Waals surface area contributed by atoms with Gasteiger partial charge < -0.3 is 24.9 Å². The Balaban J connectivity index is 0.00000387. The maximum Gasteiger partial charge on any atom is 1.00 e. The van der Waals surface area contributed by atoms with Crippen molar-refractivity contribution in [2.75, 3.05) is 11.9 Å². The molecule has 1 aliphatic heterocycles. The van der Waals surface area contributed by atoms with Crippen LogP contribution in [0.15, 0.2) is 60.7 Å². The third-order valence-electron chi connectivity index (χ3n) is 6.33. The number of aromatic carboxylic acids is 1. The second-order valence-electron chi connectivity index (χ2n) is 9.01. The number of carbonyl (C=O) groups is 3. The molecule has 0 bridgehead atoms. The monoisotopic (exact) mass is 572 g/mol. The number of anilines is 1. The molecule has 0 saturated carbocycles. The maximum absolute atomic E-state index is 14.5. The number of hydrogen-bond donors (Lipinski definition) is 1. The molecule has 3 aromatic carbocycles. The topological polar surface area (TPSA) is 117 Å². The van der Waals surface area contributed by atoms with Crippen LogP contribution in [-0.4, -0.2) is 39.0 Å². The molecule has 1 aromatic heterocycles. The van der Waals surface area contributed by atoms with E-state index in [0.29, 0.717) is 22.6 Å². The first kappa shape index (κ1) is 29.8. The number of aromatic nitrogens is 2. The number of nitrogens with one attached hydrogen (secondary N) is 1. The summed E-state index contributed by atoms with van der Waals surface area (Å²) in [5.41, 5.74) is 0.374. The van der Waals surface area contributed by atoms with Gasteiger partial charge in [-0.15, -0.1) is 0 Å². The molecule has 2 amide bonds. The number of fused-ring (bicyclic) bond motifs is 3. The first-order valence-corrected chi connectivity index (χ1v) is 11.9. The zero-order valence-electron chi connectivity index (χ0n) is 21.9. The molecule has 13 heteroatoms. The van der Waals surface area contributed by atoms with Crippen molar-refractivity contribution in [3.8, 4) is 17.0 Å². The molecule has 0 aliphatic carbocycles. The number of carboxylic acid groups (broad SMARTS) is 1. The number of carbonyl (C=O) groups excluding carboxylic acids is 3. The molecule has 1 N–H and O–H groups in total. The summed E-state index contributed by atoms with van der Waals surface area (Å²) in [6, 6.07) is 12.3. The minimum Gasteiger partial charge on any atom is -0.545 e. The summed E-state index contributed by atoms with van der Waals surface area (Å²) >= 11 is 0. The molecule has 5 rings (SSSR count). The average Bonchev–Trinajstić information content (AvgIpc) is 3.26. The number of hydrogen-bond acceptors (Lipinski definition) is 6. The maximum atomic E-state index is 14.5. The van der Waals surface area contributed by atoms with Crippen molar-refractivity contribution in [1.29, 1.82) is 0 Å². The van der Waals surface area contributed by atoms with E-state index >= 15 is 0 Å². The molecular formula is C28H20F3N4NaO5. The quantitative estimate of drug-likeness (QED) is 0.313. The Hall–Kier alpha value is -4.13. The van der Waals surface area contributed by atoms with Crippen molar-refractivity contribution in [1.82, 2.24) is 14.7 Å². The first-order valence-electron chi connectivity index (χ1n) is 11.9. The van der Waals surface area contributed by atoms with E-state index in [0.717, 1.165) is 23.1 Å². The molecule has 0 radical (unpaired) electrons. The number of benzene rings is 3. The van der Waals surface area contributed by atoms with Crippen molar-refractivity contribution >= 4 is 23.5 Å². The Labute approximate surface area is 253 Å². The van der Waals surface area contributed by atoms with Gasteiger partial charge in [0.05, 0.1) is 17.4 Å². The van der Waals surface area contributed by atoms with Gasteiger partial charge in [0.1, 0.15) is 36.4 Å². The van der Waals surface area contributed by atoms with E-state index in [9.17, 15) is 32.7 Å². The van der Waals surface area contributed by atoms with Gasteiger partial charge in [0.25, 0.3) is 5.91 Å². The molecule has 0 saturated heterocycles. The van der Waals surface area contributed by atoms with Crippen molar-refractivity contribution in [3.63, 3.8) is 0 Å². The molecule has 0 spiro atoms. The molecule has 204 valence electrons. The molecule has 0 atom stereocenters. The van der Waals surface area contributed by atoms with Gasteiger partial charge in [0.15, 0.2) is 5.69 Å². The fraction of sp³-hybridized carbons (Fsp3) is 0.143. The van der Waals surface area contributed by atoms with Crippen LogP contribution in [0.3, 0.4) is 0 Å². The van der Waals surface area contributed by atoms with E-state index in [2.05, 4.69) is 10.4 Å². The van der Waals surface area contributed by atoms with E-state index in [1.54, 1.807) is 13.1 Å². The summed E-state index contributed by atoms with van der Waals surface area (Å²) in [7, 11) is 1.57. The summed E-state index contributed by atoms with van der Waals surface area (Å²) in [6.07, 6.45) is 0. The smallest absolute Gasteiger partial charge is 0.545 e. The molecule has 0 unspecified atom stereocenters. The van der Waals surface area contributed by atoms with E-state index in [-0.39, 0.29) is 59.5 Å². The molecule has 1 aliphatic rings. The van der Waals surface area contributed by atoms with Crippen LogP contribution in [0.5, 0.6) is 5.75 Å². The van der Waals surface area contributed by atoms with Crippen LogP contribution < -0.4 is 44.7 Å². The van der Waals surface area contributed by atoms with Crippen LogP contribution in [0.4, 0.5) is 18.9 Å². The Kier molecular flexibility index (Phi) is 8.86. The van der Waals surface area contributed by atoms with Crippen molar-refractivity contribution in [3.05, 3.63) is 100 Å². The van der Waals surface area contributed by atoms with Gasteiger partial charge in [-0.1, -0.05) is 24.3 Å². The van der Waals surface area contributed by atoms with Gasteiger partial charge in [-0.05, 0) is 42.0 Å². The molecule has 4 aromatic rings. The summed E-state index contributed by atoms with van der Waals surface area (Å²) in [4.78, 5) is 38.9. The Morgan fingerprint density at radius 2 is 1.80 bits per heavy atom. The summed E-state index contributed by atoms with van der Waals surface area (Å²) in [5, 5.41) is 17.7. The van der Waals surface area contributed by atoms with Crippen LogP contribution in [0.1, 0.15) is 32.0 Å². The normalized spacial score (nSPS) is 11.4. The summed E-state index contributed by atoms with van der Waals surface area (Å²) in [6.45, 7) is -1.08. The number of aryl methyl sites for hydroxylation is 1. The second-order valence-corrected chi connectivity index (χ2v) is 9.01. The summed E-state index contributed by atoms with van der Waals surface area (Å²) in [5.74, 6) is -4.86. The van der Waals surface area contributed by atoms with Gasteiger partial charge in [-0.3, -0.25) is 14.3 Å². The third-order valence-corrected chi connectivity index (χ3v) is 6.33. The molecule has 41 heavy (non-hydrogen) atoms. The molecule has 2 heterocycles. The Bertz CT molecular complexity index is 1680. The van der Waals surface area contributed by atoms with Crippen molar-refractivity contribution in [2.45, 2.75) is 13.2 Å². The largest absolute Gasteiger partial charge is 1.00 e. The van der Waals surface area contributed by atoms with Gasteiger partial charge in [-0.2, -0.15) is 5.10 Å². The first-order chi connectivity index (χ1) is 19.1. The van der Waals surface area contributed by atoms with Gasteiger partial charge in [-0.25, -0.2) is 13.2 Å². The summed E-state index contributed by atoms with van der Waals surface area (Å²) < 4.78 is 49.9. The van der Waals surface area contributed by atoms with Crippen LogP contribution in [0, 0.1) is 17.5 Å². The van der Waals surface area contributed by atoms with Crippen LogP contribution >= 0.6 is 0 Å². The standard InChI is InChI=1S/C28H21F3N4O5.Na/c1-34-26-18-11-17(29)7-9-23(18)40-14-19(26)25(33-34)27(37)35(12-16-4-2-3-5-20(16)30)13-24(36)32-22-10-15(28(38)39)6-8-21(22)31;/h2-11H,12-14H2,1H3,(H,32,36)(H,38,39);/q;+1/p-1. The fourth-order valence-electron chi connectivity index (χ4n) is 4.47. The molecular weight excluding hydrogens is 552 g/mol. The van der Waals surface area contributed by atoms with Gasteiger partial charge >= 0.3 is 29.6 Å². The minimum atomic E-state index is -1.57. The van der Waals surface area contributed by atoms with E-state index in [1.165, 1.54) is 41.1 Å². The van der Waals surface area contributed by atoms with Crippen molar-refractivity contribution in [2.24, 2.45) is 7.05 Å². The zero-order valence-corrected chi connectivity index (χ0v) is 23.9. The number of nitrogens with zero attached hydrogens (tertiary/aromatic N) is 3. The van der Waals surface area contributed by atoms with E-state index in [1.807, 2.05) is 0 Å². The van der Waals surface area contributed by atoms with Crippen LogP contribution in [0.2, 0.25) is 0 Å². The van der Waals surface area contributed by atoms with E-state index in [4.69, 9.17) is 4.74 Å². The Morgan fingerprint density at radius 1 is 1.05 bits per heavy atom. The second kappa shape index (κ2) is 12.2. The fourth-order valence-corrected chi connectivity index (χ4v) is 4.47. The number of amides is 2. The Morgan fingerprint density at radius 3 is 2.54 bits per heavy atom. The number of halogens is 3. The van der Waals surface area contributed by atoms with Crippen LogP contribution in [-0.2, 0) is 25.0 Å². The average molecular weight is 572 g/mol. The predicted octanol–water partition coefficient (Wildman–Crippen LogP) is 0.0454. The number of ether oxygens (including phenoxy) is 1. The number of carboxylic acids is 1. The third kappa shape index (κ3) is 6.14. The SMILES string of the molecule is Cn1nc(C(=O)N(CC(=O)Nc2cc(C(=O)[O-])ccc2F)Cc2ccccc2F)c2c1-c1cc(F)ccc1OC2.[Na+]. The van der Waals surface area contributed by atoms with Crippen LogP contribution in [0.25, 0.3) is 11.3 Å². The molecule has 9 nitrogen and oxygen atoms in total. The predicted molar refractivity (Wildman–Crippen MR) is 133 cm³/mol. The zero-order chi connectivity index (χ0) is 28.6. The van der Waals surface area contributed by atoms with Gasteiger partial charge in [0.2, 0.25) is 5.91 Å². The van der Waals surface area contributed by atoms with E-state index < -0.39 is 47.5 Å². The van der Waals surface area contributed by atoms with Gasteiger partial charge in [0, 0.05) is 30.3 Å². The molecule has 0 fully saturated rings. The minimum absolute atomic E-state index is 0. The number of rotatable bonds is 7. The van der Waals surface area contributed by atoms with Crippen molar-refractivity contribution < 1.29 is 67.0 Å².